The third kappa shape index (κ3) is 4.29. The number of rotatable bonds is 6. The molecule has 0 fully saturated rings. The highest BCUT2D eigenvalue weighted by atomic mass is 35.5. The monoisotopic (exact) mass is 359 g/mol. The molecule has 1 N–H and O–H groups in total. The molecule has 0 spiro atoms. The summed E-state index contributed by atoms with van der Waals surface area (Å²) in [5.74, 6) is -0.785. The molecule has 0 radical (unpaired) electrons. The Morgan fingerprint density at radius 1 is 1.33 bits per heavy atom. The van der Waals surface area contributed by atoms with Crippen molar-refractivity contribution >= 4 is 17.5 Å². The minimum Gasteiger partial charge on any atom is -0.352 e. The highest BCUT2D eigenvalue weighted by Gasteiger charge is 2.40. The molecular weight excluding hydrogens is 343 g/mol. The lowest BCUT2D eigenvalue weighted by Gasteiger charge is -2.13. The standard InChI is InChI=1S/C16H17ClF3N3O/c1-2-3-4-8-21-15(24)13-10-22-23(14(13)16(18,19)20)12-7-5-6-11(17)9-12/h5-7,9-10H,2-4,8H2,1H3,(H,21,24). The molecule has 4 nitrogen and oxygen atoms in total. The van der Waals surface area contributed by atoms with E-state index in [-0.39, 0.29) is 10.7 Å². The van der Waals surface area contributed by atoms with Crippen LogP contribution in [0.2, 0.25) is 5.02 Å². The van der Waals surface area contributed by atoms with E-state index in [1.807, 2.05) is 6.92 Å². The first-order chi connectivity index (χ1) is 11.3. The molecule has 0 saturated heterocycles. The van der Waals surface area contributed by atoms with Crippen LogP contribution in [-0.4, -0.2) is 22.2 Å². The van der Waals surface area contributed by atoms with E-state index in [0.29, 0.717) is 17.6 Å². The maximum absolute atomic E-state index is 13.5. The topological polar surface area (TPSA) is 46.9 Å². The summed E-state index contributed by atoms with van der Waals surface area (Å²) in [6.07, 6.45) is -1.23. The zero-order valence-electron chi connectivity index (χ0n) is 13.0. The van der Waals surface area contributed by atoms with E-state index < -0.39 is 23.3 Å². The van der Waals surface area contributed by atoms with Gasteiger partial charge in [0.15, 0.2) is 5.69 Å². The van der Waals surface area contributed by atoms with E-state index in [1.54, 1.807) is 6.07 Å². The lowest BCUT2D eigenvalue weighted by molar-refractivity contribution is -0.143. The fourth-order valence-corrected chi connectivity index (χ4v) is 2.45. The van der Waals surface area contributed by atoms with Gasteiger partial charge in [0.2, 0.25) is 0 Å². The van der Waals surface area contributed by atoms with Gasteiger partial charge in [0, 0.05) is 11.6 Å². The molecule has 24 heavy (non-hydrogen) atoms. The molecule has 1 aromatic heterocycles. The molecule has 2 rings (SSSR count). The third-order valence-corrected chi connectivity index (χ3v) is 3.64. The molecule has 0 aliphatic carbocycles. The van der Waals surface area contributed by atoms with Gasteiger partial charge in [-0.25, -0.2) is 4.68 Å². The average molecular weight is 360 g/mol. The summed E-state index contributed by atoms with van der Waals surface area (Å²) in [6, 6.07) is 5.86. The van der Waals surface area contributed by atoms with Gasteiger partial charge in [0.05, 0.1) is 17.4 Å². The van der Waals surface area contributed by atoms with Crippen molar-refractivity contribution in [2.24, 2.45) is 0 Å². The summed E-state index contributed by atoms with van der Waals surface area (Å²) in [5, 5.41) is 6.52. The maximum Gasteiger partial charge on any atom is 0.434 e. The zero-order chi connectivity index (χ0) is 17.7. The van der Waals surface area contributed by atoms with Crippen LogP contribution in [0.3, 0.4) is 0 Å². The highest BCUT2D eigenvalue weighted by Crippen LogP contribution is 2.34. The van der Waals surface area contributed by atoms with Gasteiger partial charge >= 0.3 is 6.18 Å². The Hall–Kier alpha value is -2.02. The largest absolute Gasteiger partial charge is 0.434 e. The van der Waals surface area contributed by atoms with Gasteiger partial charge in [0.1, 0.15) is 0 Å². The van der Waals surface area contributed by atoms with E-state index in [0.717, 1.165) is 19.0 Å². The van der Waals surface area contributed by atoms with Crippen LogP contribution in [0.15, 0.2) is 30.5 Å². The van der Waals surface area contributed by atoms with E-state index >= 15 is 0 Å². The normalized spacial score (nSPS) is 11.5. The second kappa shape index (κ2) is 7.70. The number of unbranched alkanes of at least 4 members (excludes halogenated alkanes) is 2. The van der Waals surface area contributed by atoms with Crippen molar-refractivity contribution in [1.29, 1.82) is 0 Å². The Bertz CT molecular complexity index is 713. The lowest BCUT2D eigenvalue weighted by Crippen LogP contribution is -2.27. The van der Waals surface area contributed by atoms with Crippen molar-refractivity contribution in [2.45, 2.75) is 32.4 Å². The molecule has 8 heteroatoms. The molecule has 0 unspecified atom stereocenters. The van der Waals surface area contributed by atoms with Crippen molar-refractivity contribution in [3.8, 4) is 5.69 Å². The Labute approximate surface area is 142 Å². The SMILES string of the molecule is CCCCCNC(=O)c1cnn(-c2cccc(Cl)c2)c1C(F)(F)F. The number of alkyl halides is 3. The minimum atomic E-state index is -4.73. The zero-order valence-corrected chi connectivity index (χ0v) is 13.8. The number of amides is 1. The number of halogens is 4. The number of hydrogen-bond acceptors (Lipinski definition) is 2. The van der Waals surface area contributed by atoms with Crippen molar-refractivity contribution in [3.05, 3.63) is 46.7 Å². The Kier molecular flexibility index (Phi) is 5.88. The summed E-state index contributed by atoms with van der Waals surface area (Å²) in [4.78, 5) is 12.1. The highest BCUT2D eigenvalue weighted by molar-refractivity contribution is 6.30. The van der Waals surface area contributed by atoms with Crippen LogP contribution < -0.4 is 5.32 Å². The van der Waals surface area contributed by atoms with Gasteiger partial charge in [-0.1, -0.05) is 37.4 Å². The molecule has 1 aromatic carbocycles. The van der Waals surface area contributed by atoms with Gasteiger partial charge in [-0.2, -0.15) is 18.3 Å². The second-order valence-corrected chi connectivity index (χ2v) is 5.70. The summed E-state index contributed by atoms with van der Waals surface area (Å²) < 4.78 is 41.1. The van der Waals surface area contributed by atoms with Crippen LogP contribution in [0, 0.1) is 0 Å². The molecule has 1 heterocycles. The number of benzene rings is 1. The Morgan fingerprint density at radius 2 is 2.08 bits per heavy atom. The van der Waals surface area contributed by atoms with Crippen LogP contribution in [0.5, 0.6) is 0 Å². The first-order valence-electron chi connectivity index (χ1n) is 7.54. The fourth-order valence-electron chi connectivity index (χ4n) is 2.26. The quantitative estimate of drug-likeness (QED) is 0.774. The predicted octanol–water partition coefficient (Wildman–Crippen LogP) is 4.46. The van der Waals surface area contributed by atoms with Crippen molar-refractivity contribution in [3.63, 3.8) is 0 Å². The number of carbonyl (C=O) groups is 1. The Morgan fingerprint density at radius 3 is 2.71 bits per heavy atom. The van der Waals surface area contributed by atoms with E-state index in [2.05, 4.69) is 10.4 Å². The summed E-state index contributed by atoms with van der Waals surface area (Å²) >= 11 is 5.83. The molecule has 0 aliphatic rings. The van der Waals surface area contributed by atoms with Gasteiger partial charge in [-0.15, -0.1) is 0 Å². The number of nitrogens with zero attached hydrogens (tertiary/aromatic N) is 2. The van der Waals surface area contributed by atoms with E-state index in [1.165, 1.54) is 18.2 Å². The first kappa shape index (κ1) is 18.3. The molecule has 130 valence electrons. The van der Waals surface area contributed by atoms with Crippen LogP contribution >= 0.6 is 11.6 Å². The summed E-state index contributed by atoms with van der Waals surface area (Å²) in [5.41, 5.74) is -1.48. The smallest absolute Gasteiger partial charge is 0.352 e. The van der Waals surface area contributed by atoms with Gasteiger partial charge in [-0.3, -0.25) is 4.79 Å². The second-order valence-electron chi connectivity index (χ2n) is 5.26. The first-order valence-corrected chi connectivity index (χ1v) is 7.91. The molecule has 0 bridgehead atoms. The van der Waals surface area contributed by atoms with E-state index in [9.17, 15) is 18.0 Å². The van der Waals surface area contributed by atoms with Crippen molar-refractivity contribution in [2.75, 3.05) is 6.54 Å². The summed E-state index contributed by atoms with van der Waals surface area (Å²) in [7, 11) is 0. The van der Waals surface area contributed by atoms with E-state index in [4.69, 9.17) is 11.6 Å². The molecule has 0 saturated carbocycles. The fraction of sp³-hybridized carbons (Fsp3) is 0.375. The number of carbonyl (C=O) groups excluding carboxylic acids is 1. The van der Waals surface area contributed by atoms with Crippen LogP contribution in [0.25, 0.3) is 5.69 Å². The van der Waals surface area contributed by atoms with Crippen LogP contribution in [-0.2, 0) is 6.18 Å². The molecule has 0 aliphatic heterocycles. The van der Waals surface area contributed by atoms with Gasteiger partial charge in [-0.05, 0) is 24.6 Å². The average Bonchev–Trinajstić information content (AvgIpc) is 2.96. The maximum atomic E-state index is 13.5. The molecular formula is C16H17ClF3N3O. The van der Waals surface area contributed by atoms with Crippen LogP contribution in [0.4, 0.5) is 13.2 Å². The molecule has 2 aromatic rings. The Balaban J connectivity index is 2.35. The number of hydrogen-bond donors (Lipinski definition) is 1. The molecule has 0 atom stereocenters. The minimum absolute atomic E-state index is 0.139. The number of nitrogens with one attached hydrogen (secondary N) is 1. The number of aromatic nitrogens is 2. The molecule has 1 amide bonds. The van der Waals surface area contributed by atoms with Gasteiger partial charge < -0.3 is 5.32 Å². The lowest BCUT2D eigenvalue weighted by atomic mass is 10.2. The third-order valence-electron chi connectivity index (χ3n) is 3.40. The summed E-state index contributed by atoms with van der Waals surface area (Å²) in [6.45, 7) is 2.32. The van der Waals surface area contributed by atoms with Gasteiger partial charge in [0.25, 0.3) is 5.91 Å². The van der Waals surface area contributed by atoms with Crippen molar-refractivity contribution in [1.82, 2.24) is 15.1 Å². The predicted molar refractivity (Wildman–Crippen MR) is 85.4 cm³/mol. The van der Waals surface area contributed by atoms with Crippen LogP contribution in [0.1, 0.15) is 42.2 Å². The van der Waals surface area contributed by atoms with Crippen molar-refractivity contribution < 1.29 is 18.0 Å².